The molecule has 94 valence electrons. The van der Waals surface area contributed by atoms with Crippen LogP contribution in [0.15, 0.2) is 18.2 Å². The second-order valence-corrected chi connectivity index (χ2v) is 3.85. The maximum atomic E-state index is 13.0. The predicted octanol–water partition coefficient (Wildman–Crippen LogP) is 1.21. The molecule has 0 spiro atoms. The third-order valence-corrected chi connectivity index (χ3v) is 2.46. The highest BCUT2D eigenvalue weighted by atomic mass is 19.1. The fraction of sp³-hybridized carbons (Fsp3) is 0.417. The van der Waals surface area contributed by atoms with Crippen molar-refractivity contribution in [2.45, 2.75) is 6.42 Å². The van der Waals surface area contributed by atoms with Crippen molar-refractivity contribution in [3.05, 3.63) is 29.6 Å². The molecule has 1 aromatic rings. The van der Waals surface area contributed by atoms with Gasteiger partial charge in [0.05, 0.1) is 5.56 Å². The molecule has 0 aromatic heterocycles. The Balaban J connectivity index is 2.71. The number of nitrogens with zero attached hydrogens (tertiary/aromatic N) is 1. The second kappa shape index (κ2) is 6.20. The summed E-state index contributed by atoms with van der Waals surface area (Å²) in [5, 5.41) is 12.5. The Hall–Kier alpha value is -1.62. The third kappa shape index (κ3) is 3.71. The van der Waals surface area contributed by atoms with E-state index in [1.165, 1.54) is 11.0 Å². The number of carbonyl (C=O) groups excluding carboxylic acids is 1. The molecule has 2 N–H and O–H groups in total. The standard InChI is InChI=1S/C12H17FN2O2/c1-14-6-3-7-15(2)12(17)10-8-9(13)4-5-11(10)16/h4-5,8,14,16H,3,6-7H2,1-2H3. The Bertz CT molecular complexity index is 396. The summed E-state index contributed by atoms with van der Waals surface area (Å²) < 4.78 is 13.0. The highest BCUT2D eigenvalue weighted by Gasteiger charge is 2.16. The van der Waals surface area contributed by atoms with Gasteiger partial charge in [-0.05, 0) is 38.2 Å². The molecule has 0 fully saturated rings. The van der Waals surface area contributed by atoms with Crippen molar-refractivity contribution in [1.29, 1.82) is 0 Å². The lowest BCUT2D eigenvalue weighted by Crippen LogP contribution is -2.29. The first-order valence-electron chi connectivity index (χ1n) is 5.45. The van der Waals surface area contributed by atoms with E-state index in [9.17, 15) is 14.3 Å². The van der Waals surface area contributed by atoms with E-state index in [4.69, 9.17) is 0 Å². The molecule has 1 amide bonds. The van der Waals surface area contributed by atoms with Crippen LogP contribution in [0.1, 0.15) is 16.8 Å². The van der Waals surface area contributed by atoms with Crippen LogP contribution in [0.3, 0.4) is 0 Å². The molecule has 0 aliphatic heterocycles. The van der Waals surface area contributed by atoms with Gasteiger partial charge in [-0.15, -0.1) is 0 Å². The summed E-state index contributed by atoms with van der Waals surface area (Å²) >= 11 is 0. The summed E-state index contributed by atoms with van der Waals surface area (Å²) in [5.41, 5.74) is -0.00282. The number of rotatable bonds is 5. The number of phenolic OH excluding ortho intramolecular Hbond substituents is 1. The van der Waals surface area contributed by atoms with Crippen molar-refractivity contribution in [2.75, 3.05) is 27.2 Å². The van der Waals surface area contributed by atoms with Gasteiger partial charge in [0.2, 0.25) is 0 Å². The smallest absolute Gasteiger partial charge is 0.257 e. The first-order chi connectivity index (χ1) is 8.06. The average Bonchev–Trinajstić information content (AvgIpc) is 2.31. The van der Waals surface area contributed by atoms with Crippen LogP contribution in [0, 0.1) is 5.82 Å². The van der Waals surface area contributed by atoms with E-state index in [2.05, 4.69) is 5.32 Å². The predicted molar refractivity (Wildman–Crippen MR) is 63.6 cm³/mol. The minimum atomic E-state index is -0.533. The molecule has 0 bridgehead atoms. The van der Waals surface area contributed by atoms with Gasteiger partial charge < -0.3 is 15.3 Å². The van der Waals surface area contributed by atoms with Crippen molar-refractivity contribution in [1.82, 2.24) is 10.2 Å². The van der Waals surface area contributed by atoms with E-state index in [1.54, 1.807) is 7.05 Å². The molecule has 0 saturated heterocycles. The van der Waals surface area contributed by atoms with Crippen LogP contribution in [0.2, 0.25) is 0 Å². The van der Waals surface area contributed by atoms with Crippen molar-refractivity contribution >= 4 is 5.91 Å². The number of benzene rings is 1. The SMILES string of the molecule is CNCCCN(C)C(=O)c1cc(F)ccc1O. The number of nitrogens with one attached hydrogen (secondary N) is 1. The van der Waals surface area contributed by atoms with E-state index in [0.29, 0.717) is 6.54 Å². The molecule has 1 aromatic carbocycles. The van der Waals surface area contributed by atoms with Crippen LogP contribution in [0.4, 0.5) is 4.39 Å². The van der Waals surface area contributed by atoms with Crippen molar-refractivity contribution in [2.24, 2.45) is 0 Å². The van der Waals surface area contributed by atoms with Crippen LogP contribution in [-0.2, 0) is 0 Å². The number of carbonyl (C=O) groups is 1. The zero-order valence-corrected chi connectivity index (χ0v) is 10.0. The van der Waals surface area contributed by atoms with Gasteiger partial charge in [0.1, 0.15) is 11.6 Å². The Morgan fingerprint density at radius 1 is 1.53 bits per heavy atom. The summed E-state index contributed by atoms with van der Waals surface area (Å²) in [6, 6.07) is 3.35. The van der Waals surface area contributed by atoms with Gasteiger partial charge in [0, 0.05) is 13.6 Å². The molecule has 0 aliphatic rings. The molecule has 0 heterocycles. The maximum absolute atomic E-state index is 13.0. The zero-order chi connectivity index (χ0) is 12.8. The Morgan fingerprint density at radius 2 is 2.24 bits per heavy atom. The van der Waals surface area contributed by atoms with E-state index in [-0.39, 0.29) is 17.2 Å². The number of hydrogen-bond donors (Lipinski definition) is 2. The first-order valence-corrected chi connectivity index (χ1v) is 5.45. The van der Waals surface area contributed by atoms with Crippen LogP contribution in [0.25, 0.3) is 0 Å². The van der Waals surface area contributed by atoms with Crippen molar-refractivity contribution < 1.29 is 14.3 Å². The van der Waals surface area contributed by atoms with Gasteiger partial charge in [-0.1, -0.05) is 0 Å². The third-order valence-electron chi connectivity index (χ3n) is 2.46. The molecule has 17 heavy (non-hydrogen) atoms. The summed E-state index contributed by atoms with van der Waals surface area (Å²) in [6.07, 6.45) is 0.800. The lowest BCUT2D eigenvalue weighted by Gasteiger charge is -2.17. The fourth-order valence-corrected chi connectivity index (χ4v) is 1.48. The van der Waals surface area contributed by atoms with E-state index in [0.717, 1.165) is 25.1 Å². The number of amides is 1. The average molecular weight is 240 g/mol. The van der Waals surface area contributed by atoms with Gasteiger partial charge in [-0.25, -0.2) is 4.39 Å². The summed E-state index contributed by atoms with van der Waals surface area (Å²) in [7, 11) is 3.46. The minimum absolute atomic E-state index is 0.00282. The number of halogens is 1. The fourth-order valence-electron chi connectivity index (χ4n) is 1.48. The van der Waals surface area contributed by atoms with Gasteiger partial charge in [0.25, 0.3) is 5.91 Å². The quantitative estimate of drug-likeness (QED) is 0.761. The molecule has 4 nitrogen and oxygen atoms in total. The van der Waals surface area contributed by atoms with Gasteiger partial charge in [-0.2, -0.15) is 0 Å². The lowest BCUT2D eigenvalue weighted by atomic mass is 10.1. The highest BCUT2D eigenvalue weighted by Crippen LogP contribution is 2.19. The highest BCUT2D eigenvalue weighted by molar-refractivity contribution is 5.96. The summed E-state index contributed by atoms with van der Waals surface area (Å²) in [4.78, 5) is 13.4. The monoisotopic (exact) mass is 240 g/mol. The van der Waals surface area contributed by atoms with Crippen molar-refractivity contribution in [3.8, 4) is 5.75 Å². The second-order valence-electron chi connectivity index (χ2n) is 3.85. The largest absolute Gasteiger partial charge is 0.507 e. The number of hydrogen-bond acceptors (Lipinski definition) is 3. The minimum Gasteiger partial charge on any atom is -0.507 e. The van der Waals surface area contributed by atoms with Gasteiger partial charge >= 0.3 is 0 Å². The maximum Gasteiger partial charge on any atom is 0.257 e. The van der Waals surface area contributed by atoms with Gasteiger partial charge in [-0.3, -0.25) is 4.79 Å². The molecule has 0 atom stereocenters. The molecule has 0 aliphatic carbocycles. The molecular weight excluding hydrogens is 223 g/mol. The van der Waals surface area contributed by atoms with Crippen LogP contribution in [-0.4, -0.2) is 43.1 Å². The Kier molecular flexibility index (Phi) is 4.90. The van der Waals surface area contributed by atoms with Crippen LogP contribution in [0.5, 0.6) is 5.75 Å². The molecule has 5 heteroatoms. The van der Waals surface area contributed by atoms with Crippen LogP contribution >= 0.6 is 0 Å². The number of aromatic hydroxyl groups is 1. The van der Waals surface area contributed by atoms with E-state index >= 15 is 0 Å². The molecule has 0 radical (unpaired) electrons. The zero-order valence-electron chi connectivity index (χ0n) is 10.0. The normalized spacial score (nSPS) is 10.3. The molecule has 1 rings (SSSR count). The summed E-state index contributed by atoms with van der Waals surface area (Å²) in [6.45, 7) is 1.35. The molecule has 0 unspecified atom stereocenters. The molecule has 0 saturated carbocycles. The Labute approximate surface area is 100 Å². The first kappa shape index (κ1) is 13.4. The number of phenols is 1. The Morgan fingerprint density at radius 3 is 2.88 bits per heavy atom. The molecular formula is C12H17FN2O2. The lowest BCUT2D eigenvalue weighted by molar-refractivity contribution is 0.0790. The van der Waals surface area contributed by atoms with Gasteiger partial charge in [0.15, 0.2) is 0 Å². The topological polar surface area (TPSA) is 52.6 Å². The van der Waals surface area contributed by atoms with Crippen molar-refractivity contribution in [3.63, 3.8) is 0 Å². The van der Waals surface area contributed by atoms with Crippen LogP contribution < -0.4 is 5.32 Å². The summed E-state index contributed by atoms with van der Waals surface area (Å²) in [5.74, 6) is -1.11. The van der Waals surface area contributed by atoms with E-state index < -0.39 is 5.82 Å². The van der Waals surface area contributed by atoms with E-state index in [1.807, 2.05) is 7.05 Å².